The van der Waals surface area contributed by atoms with Gasteiger partial charge in [-0.05, 0) is 74.1 Å². The predicted molar refractivity (Wildman–Crippen MR) is 158 cm³/mol. The average Bonchev–Trinajstić information content (AvgIpc) is 3.49. The summed E-state index contributed by atoms with van der Waals surface area (Å²) in [7, 11) is 0. The molecule has 0 unspecified atom stereocenters. The summed E-state index contributed by atoms with van der Waals surface area (Å²) in [6.45, 7) is 14.1. The van der Waals surface area contributed by atoms with Gasteiger partial charge in [-0.25, -0.2) is 4.98 Å². The van der Waals surface area contributed by atoms with E-state index in [1.807, 2.05) is 18.2 Å². The van der Waals surface area contributed by atoms with Crippen molar-refractivity contribution in [2.24, 2.45) is 5.41 Å². The summed E-state index contributed by atoms with van der Waals surface area (Å²) in [6, 6.07) is 8.28. The van der Waals surface area contributed by atoms with E-state index in [-0.39, 0.29) is 28.8 Å². The monoisotopic (exact) mass is 545 g/mol. The molecule has 0 radical (unpaired) electrons. The number of piperidine rings is 1. The van der Waals surface area contributed by atoms with E-state index in [1.54, 1.807) is 5.38 Å². The van der Waals surface area contributed by atoms with Crippen LogP contribution >= 0.6 is 11.3 Å². The van der Waals surface area contributed by atoms with Crippen molar-refractivity contribution in [2.75, 3.05) is 25.0 Å². The minimum absolute atomic E-state index is 0.156. The maximum atomic E-state index is 13.2. The van der Waals surface area contributed by atoms with Crippen molar-refractivity contribution in [3.63, 3.8) is 0 Å². The Morgan fingerprint density at radius 2 is 1.90 bits per heavy atom. The number of fused-ring (bicyclic) bond motifs is 4. The maximum absolute atomic E-state index is 13.2. The Morgan fingerprint density at radius 3 is 2.59 bits per heavy atom. The van der Waals surface area contributed by atoms with Crippen molar-refractivity contribution in [3.8, 4) is 0 Å². The van der Waals surface area contributed by atoms with E-state index < -0.39 is 0 Å². The Labute approximate surface area is 234 Å². The lowest BCUT2D eigenvalue weighted by molar-refractivity contribution is 0.0890. The SMILES string of the molecule is C=C1CCC2(CCC2)n2c1cc1ccc(C(=O)Nc3nc(C(=O)NC4CCN(CC(C)(C)C)CC4)cs3)cc12. The molecular weight excluding hydrogens is 506 g/mol. The van der Waals surface area contributed by atoms with E-state index in [0.29, 0.717) is 16.4 Å². The second kappa shape index (κ2) is 9.89. The highest BCUT2D eigenvalue weighted by molar-refractivity contribution is 7.14. The molecule has 0 atom stereocenters. The van der Waals surface area contributed by atoms with Gasteiger partial charge in [0, 0.05) is 58.8 Å². The molecule has 1 aliphatic carbocycles. The standard InChI is InChI=1S/C31H39N5O2S/c1-20-8-13-31(11-5-12-31)36-25(20)16-21-6-7-22(17-26(21)36)27(37)34-29-33-24(18-39-29)28(38)32-23-9-14-35(15-10-23)19-30(2,3)4/h6-7,16-18,23H,1,5,8-15,19H2,2-4H3,(H,32,38)(H,33,34,37). The molecule has 8 heteroatoms. The minimum Gasteiger partial charge on any atom is -0.348 e. The molecule has 3 aromatic rings. The predicted octanol–water partition coefficient (Wildman–Crippen LogP) is 6.28. The molecule has 206 valence electrons. The summed E-state index contributed by atoms with van der Waals surface area (Å²) in [5.74, 6) is -0.384. The number of nitrogens with zero attached hydrogens (tertiary/aromatic N) is 3. The zero-order chi connectivity index (χ0) is 27.4. The van der Waals surface area contributed by atoms with E-state index in [1.165, 1.54) is 41.9 Å². The number of benzene rings is 1. The third-order valence-corrected chi connectivity index (χ3v) is 9.42. The van der Waals surface area contributed by atoms with Gasteiger partial charge in [-0.3, -0.25) is 14.9 Å². The first-order chi connectivity index (χ1) is 18.6. The molecule has 6 rings (SSSR count). The van der Waals surface area contributed by atoms with Crippen molar-refractivity contribution in [1.82, 2.24) is 19.8 Å². The van der Waals surface area contributed by atoms with E-state index in [9.17, 15) is 9.59 Å². The van der Waals surface area contributed by atoms with Gasteiger partial charge in [-0.2, -0.15) is 0 Å². The summed E-state index contributed by atoms with van der Waals surface area (Å²) in [5, 5.41) is 9.36. The fraction of sp³-hybridized carbons (Fsp3) is 0.516. The Bertz CT molecular complexity index is 1430. The van der Waals surface area contributed by atoms with Crippen molar-refractivity contribution in [2.45, 2.75) is 77.3 Å². The molecule has 2 N–H and O–H groups in total. The topological polar surface area (TPSA) is 79.3 Å². The largest absolute Gasteiger partial charge is 0.348 e. The Kier molecular flexibility index (Phi) is 6.66. The number of rotatable bonds is 5. The molecule has 4 heterocycles. The summed E-state index contributed by atoms with van der Waals surface area (Å²) >= 11 is 1.28. The number of likely N-dealkylation sites (tertiary alicyclic amines) is 1. The smallest absolute Gasteiger partial charge is 0.271 e. The van der Waals surface area contributed by atoms with E-state index >= 15 is 0 Å². The van der Waals surface area contributed by atoms with Crippen LogP contribution in [0.2, 0.25) is 0 Å². The quantitative estimate of drug-likeness (QED) is 0.396. The van der Waals surface area contributed by atoms with Gasteiger partial charge in [0.25, 0.3) is 11.8 Å². The van der Waals surface area contributed by atoms with Gasteiger partial charge in [-0.1, -0.05) is 33.4 Å². The molecule has 2 aromatic heterocycles. The lowest BCUT2D eigenvalue weighted by Crippen LogP contribution is -2.46. The molecule has 1 saturated carbocycles. The summed E-state index contributed by atoms with van der Waals surface area (Å²) in [4.78, 5) is 33.0. The molecule has 7 nitrogen and oxygen atoms in total. The van der Waals surface area contributed by atoms with Gasteiger partial charge in [0.15, 0.2) is 5.13 Å². The van der Waals surface area contributed by atoms with Crippen LogP contribution in [0.1, 0.15) is 92.3 Å². The second-order valence-electron chi connectivity index (χ2n) is 12.9. The van der Waals surface area contributed by atoms with Crippen LogP contribution in [0.25, 0.3) is 16.5 Å². The van der Waals surface area contributed by atoms with E-state index in [0.717, 1.165) is 56.2 Å². The number of thiazole rings is 1. The van der Waals surface area contributed by atoms with E-state index in [2.05, 4.69) is 58.5 Å². The highest BCUT2D eigenvalue weighted by Crippen LogP contribution is 2.51. The van der Waals surface area contributed by atoms with Crippen LogP contribution in [0.15, 0.2) is 36.2 Å². The molecular formula is C31H39N5O2S. The average molecular weight is 546 g/mol. The number of nitrogens with one attached hydrogen (secondary N) is 2. The summed E-state index contributed by atoms with van der Waals surface area (Å²) < 4.78 is 2.45. The van der Waals surface area contributed by atoms with Gasteiger partial charge >= 0.3 is 0 Å². The maximum Gasteiger partial charge on any atom is 0.271 e. The highest BCUT2D eigenvalue weighted by atomic mass is 32.1. The number of hydrogen-bond donors (Lipinski definition) is 2. The van der Waals surface area contributed by atoms with Crippen molar-refractivity contribution in [3.05, 3.63) is 53.2 Å². The number of allylic oxidation sites excluding steroid dienone is 1. The number of hydrogen-bond acceptors (Lipinski definition) is 5. The number of carbonyl (C=O) groups is 2. The van der Waals surface area contributed by atoms with Gasteiger partial charge in [0.1, 0.15) is 5.69 Å². The minimum atomic E-state index is -0.211. The Hall–Kier alpha value is -2.97. The van der Waals surface area contributed by atoms with Crippen molar-refractivity contribution in [1.29, 1.82) is 0 Å². The van der Waals surface area contributed by atoms with E-state index in [4.69, 9.17) is 0 Å². The molecule has 2 amide bonds. The van der Waals surface area contributed by atoms with Crippen LogP contribution in [-0.4, -0.2) is 51.9 Å². The molecule has 1 spiro atoms. The second-order valence-corrected chi connectivity index (χ2v) is 13.8. The van der Waals surface area contributed by atoms with Gasteiger partial charge in [-0.15, -0.1) is 11.3 Å². The fourth-order valence-corrected chi connectivity index (χ4v) is 7.25. The van der Waals surface area contributed by atoms with Crippen LogP contribution in [0.3, 0.4) is 0 Å². The zero-order valence-electron chi connectivity index (χ0n) is 23.3. The summed E-state index contributed by atoms with van der Waals surface area (Å²) in [5.41, 5.74) is 4.90. The van der Waals surface area contributed by atoms with Crippen LogP contribution in [0.5, 0.6) is 0 Å². The molecule has 1 saturated heterocycles. The molecule has 1 aromatic carbocycles. The Balaban J connectivity index is 1.11. The van der Waals surface area contributed by atoms with Gasteiger partial charge in [0.2, 0.25) is 0 Å². The van der Waals surface area contributed by atoms with Crippen LogP contribution in [-0.2, 0) is 5.54 Å². The lowest BCUT2D eigenvalue weighted by atomic mass is 9.70. The number of carbonyl (C=O) groups excluding carboxylic acids is 2. The molecule has 2 fully saturated rings. The van der Waals surface area contributed by atoms with Crippen LogP contribution in [0.4, 0.5) is 5.13 Å². The first-order valence-electron chi connectivity index (χ1n) is 14.2. The van der Waals surface area contributed by atoms with Gasteiger partial charge < -0.3 is 14.8 Å². The van der Waals surface area contributed by atoms with Gasteiger partial charge in [0.05, 0.1) is 0 Å². The number of anilines is 1. The fourth-order valence-electron chi connectivity index (χ4n) is 6.57. The first-order valence-corrected chi connectivity index (χ1v) is 15.1. The lowest BCUT2D eigenvalue weighted by Gasteiger charge is -2.48. The molecule has 3 aliphatic rings. The third kappa shape index (κ3) is 5.16. The normalized spacial score (nSPS) is 19.6. The number of aromatic nitrogens is 2. The molecule has 2 aliphatic heterocycles. The zero-order valence-corrected chi connectivity index (χ0v) is 24.1. The van der Waals surface area contributed by atoms with Crippen LogP contribution in [0, 0.1) is 5.41 Å². The van der Waals surface area contributed by atoms with Crippen molar-refractivity contribution >= 4 is 44.8 Å². The third-order valence-electron chi connectivity index (χ3n) is 8.66. The van der Waals surface area contributed by atoms with Crippen molar-refractivity contribution < 1.29 is 9.59 Å². The molecule has 0 bridgehead atoms. The molecule has 39 heavy (non-hydrogen) atoms. The Morgan fingerprint density at radius 1 is 1.13 bits per heavy atom. The first kappa shape index (κ1) is 26.3. The number of amides is 2. The van der Waals surface area contributed by atoms with Crippen LogP contribution < -0.4 is 10.6 Å². The summed E-state index contributed by atoms with van der Waals surface area (Å²) in [6.07, 6.45) is 7.67. The highest BCUT2D eigenvalue weighted by Gasteiger charge is 2.43.